The Morgan fingerprint density at radius 3 is 1.20 bits per heavy atom. The minimum absolute atomic E-state index is 0.854. The standard InChI is InChI=1S/C73H121N5O54/c1-17-38(93)49(104)53(108)67(117-17)114-15-31-58(46(101)34(63(111)118-31)74-18(2)86)126-65-36(76-20(4)88)47(102)57(28(12-84)122-65)128-69-55(110)60(44(99)29(124-69)14-115-70-61(51(106)41(96)25(9-81)120-70)130-64-35(75-19(3)87)45(100)40(95)24(8-80)119-64)129-71-62(52(107)42(97)26(10-82)121-71)131-66-37(77-21(5)89)48(103)56(27(11-83)123-66)127-68-54(109)50(105)43(98)30(125-68)16-116-73(72(112)113)6-22(90)33(78-32(92)13-85)59(132-73)39(94)23(91)7-79/h17,22-31,33-71,79-85,90-91,93-111H,6-16H2,1-5H3,(H,74,86)(H,75,87)(H,76,88)(H,77,89)(H,78,92)(H,112,113)/t17-,22-,23+,24+,25+,26+,27+,28+,29+,30+,31+,33+,34+,35+,36+,37-,38+,39+,40+,41+,42+,43-,44+,45+,46+,47+,48+,49+,50-,51-,52-,53-,54+,55-,56+,57+,58+,59+,60-,61-,62-,63?,64-,65-,66-,67+,68-,69-,70-,71+,73+/m0/s1. The van der Waals surface area contributed by atoms with Crippen LogP contribution in [0.3, 0.4) is 0 Å². The van der Waals surface area contributed by atoms with Gasteiger partial charge in [-0.3, -0.25) is 24.0 Å². The summed E-state index contributed by atoms with van der Waals surface area (Å²) in [6.45, 7) is -6.81. The molecule has 51 atom stereocenters. The molecule has 762 valence electrons. The van der Waals surface area contributed by atoms with Crippen LogP contribution in [0.1, 0.15) is 41.0 Å². The molecule has 0 aromatic heterocycles. The quantitative estimate of drug-likeness (QED) is 0.0277. The van der Waals surface area contributed by atoms with E-state index in [1.807, 2.05) is 0 Å². The van der Waals surface area contributed by atoms with Crippen molar-refractivity contribution in [3.05, 3.63) is 0 Å². The molecular formula is C73H121N5O54. The Kier molecular flexibility index (Phi) is 39.0. The molecule has 10 heterocycles. The predicted molar refractivity (Wildman–Crippen MR) is 405 cm³/mol. The average Bonchev–Trinajstić information content (AvgIpc) is 0.761. The van der Waals surface area contributed by atoms with Crippen LogP contribution in [0, 0.1) is 0 Å². The summed E-state index contributed by atoms with van der Waals surface area (Å²) in [4.78, 5) is 76.9. The SMILES string of the molecule is CC(=O)N[C@@H]1[C@H](O[C@@H]2[C@@H](O[C@@H]3[C@H](O)[C@H](O[C@H]4[C@H](O)[C@@H](NC(C)=O)[C@H](O[C@H]5[C@H](O)[C@@H](NC(C)=O)C(O)O[C@@H]5CO[C@@H]5O[C@@H](C)[C@@H](O)[C@@H](O)[C@@H]5O)O[C@@H]4CO)O[C@H](CO[C@H]4O[C@H](CO)[C@@H](O)[C@H](O)[C@@H]4O[C@@H]4O[C@H](CO)[C@@H](O)[C@H](O)[C@H]4NC(C)=O)[C@H]3O)O[C@H](CO)[C@@H](O)[C@@H]2O)O[C@H](CO)[C@@H](O[C@@H]2O[C@H](CO[C@]3(C(=O)O)C[C@H](O)[C@@H](NC(=O)CO)[C@H]([C@H](O)[C@H](O)CO)O3)[C@H](O)[C@H](O)[C@H]2O)[C@@H]1O. The molecule has 59 heteroatoms. The van der Waals surface area contributed by atoms with Crippen LogP contribution in [-0.4, -0.2) is 562 Å². The smallest absolute Gasteiger partial charge is 0.364 e. The molecule has 10 rings (SSSR count). The van der Waals surface area contributed by atoms with Gasteiger partial charge in [-0.05, 0) is 6.92 Å². The van der Waals surface area contributed by atoms with Gasteiger partial charge in [-0.2, -0.15) is 0 Å². The fraction of sp³-hybridized carbons (Fsp3) is 0.918. The summed E-state index contributed by atoms with van der Waals surface area (Å²) in [5, 5.41) is 335. The first kappa shape index (κ1) is 109. The number of carbonyl (C=O) groups excluding carboxylic acids is 5. The van der Waals surface area contributed by atoms with E-state index in [9.17, 15) is 177 Å². The van der Waals surface area contributed by atoms with E-state index in [1.165, 1.54) is 6.92 Å². The second-order valence-electron chi connectivity index (χ2n) is 33.2. The number of rotatable bonds is 36. The van der Waals surface area contributed by atoms with Crippen LogP contribution in [0.15, 0.2) is 0 Å². The Morgan fingerprint density at radius 2 is 0.712 bits per heavy atom. The van der Waals surface area contributed by atoms with Gasteiger partial charge in [0.2, 0.25) is 29.5 Å². The highest BCUT2D eigenvalue weighted by molar-refractivity contribution is 5.78. The highest BCUT2D eigenvalue weighted by Crippen LogP contribution is 2.42. The maximum Gasteiger partial charge on any atom is 0.364 e. The van der Waals surface area contributed by atoms with E-state index in [2.05, 4.69) is 26.6 Å². The van der Waals surface area contributed by atoms with Crippen molar-refractivity contribution in [3.8, 4) is 0 Å². The lowest BCUT2D eigenvalue weighted by Gasteiger charge is -2.51. The van der Waals surface area contributed by atoms with Gasteiger partial charge in [-0.25, -0.2) is 4.79 Å². The Bertz CT molecular complexity index is 3680. The van der Waals surface area contributed by atoms with E-state index in [1.54, 1.807) is 0 Å². The third kappa shape index (κ3) is 24.3. The molecule has 0 aliphatic carbocycles. The number of nitrogens with one attached hydrogen (secondary N) is 5. The molecule has 10 saturated heterocycles. The highest BCUT2D eigenvalue weighted by atomic mass is 16.8. The number of aliphatic hydroxyl groups excluding tert-OH is 28. The van der Waals surface area contributed by atoms with Crippen molar-refractivity contribution >= 4 is 35.5 Å². The molecule has 0 saturated carbocycles. The van der Waals surface area contributed by atoms with E-state index < -0.39 is 420 Å². The lowest BCUT2D eigenvalue weighted by Crippen LogP contribution is -2.71. The van der Waals surface area contributed by atoms with E-state index >= 15 is 0 Å². The minimum Gasteiger partial charge on any atom is -0.477 e. The minimum atomic E-state index is -3.17. The number of amides is 5. The molecule has 0 aromatic carbocycles. The first-order valence-electron chi connectivity index (χ1n) is 41.8. The van der Waals surface area contributed by atoms with Crippen molar-refractivity contribution in [2.45, 2.75) is 353 Å². The number of carbonyl (C=O) groups is 6. The molecule has 0 bridgehead atoms. The van der Waals surface area contributed by atoms with Gasteiger partial charge in [-0.15, -0.1) is 0 Å². The number of hydrogen-bond donors (Lipinski definition) is 34. The molecule has 10 aliphatic rings. The number of aliphatic carboxylic acids is 1. The summed E-state index contributed by atoms with van der Waals surface area (Å²) in [7, 11) is 0. The fourth-order valence-corrected chi connectivity index (χ4v) is 16.8. The highest BCUT2D eigenvalue weighted by Gasteiger charge is 2.63. The van der Waals surface area contributed by atoms with Crippen molar-refractivity contribution < 1.29 is 267 Å². The number of ether oxygens (including phenoxy) is 19. The first-order valence-corrected chi connectivity index (χ1v) is 41.8. The van der Waals surface area contributed by atoms with Gasteiger partial charge in [0.05, 0.1) is 77.7 Å². The molecule has 0 aromatic rings. The predicted octanol–water partition coefficient (Wildman–Crippen LogP) is -22.9. The van der Waals surface area contributed by atoms with Crippen LogP contribution in [0.25, 0.3) is 0 Å². The van der Waals surface area contributed by atoms with Gasteiger partial charge in [0.25, 0.3) is 5.79 Å². The van der Waals surface area contributed by atoms with E-state index in [-0.39, 0.29) is 0 Å². The first-order chi connectivity index (χ1) is 62.2. The number of aliphatic hydroxyl groups is 28. The Morgan fingerprint density at radius 1 is 0.341 bits per heavy atom. The van der Waals surface area contributed by atoms with Gasteiger partial charge in [0, 0.05) is 34.1 Å². The maximum absolute atomic E-state index is 13.3. The number of hydrogen-bond acceptors (Lipinski definition) is 53. The van der Waals surface area contributed by atoms with Gasteiger partial charge in [-0.1, -0.05) is 0 Å². The summed E-state index contributed by atoms with van der Waals surface area (Å²) in [6.07, 6.45) is -98.3. The molecular weight excluding hydrogens is 1810 g/mol. The molecule has 10 fully saturated rings. The Hall–Kier alpha value is -5.06. The van der Waals surface area contributed by atoms with Crippen LogP contribution < -0.4 is 26.6 Å². The molecule has 0 radical (unpaired) electrons. The maximum atomic E-state index is 13.3. The molecule has 5 amide bonds. The second-order valence-corrected chi connectivity index (χ2v) is 33.2. The summed E-state index contributed by atoms with van der Waals surface area (Å²) in [6, 6.07) is -9.58. The van der Waals surface area contributed by atoms with E-state index in [0.29, 0.717) is 0 Å². The average molecular weight is 1930 g/mol. The second kappa shape index (κ2) is 47.3. The number of carboxylic acid groups (broad SMARTS) is 1. The zero-order chi connectivity index (χ0) is 97.6. The molecule has 132 heavy (non-hydrogen) atoms. The number of carboxylic acids is 1. The summed E-state index contributed by atoms with van der Waals surface area (Å²) in [5.74, 6) is -10.3. The van der Waals surface area contributed by atoms with Gasteiger partial charge < -0.3 is 265 Å². The van der Waals surface area contributed by atoms with Crippen LogP contribution in [0.4, 0.5) is 0 Å². The van der Waals surface area contributed by atoms with Crippen LogP contribution in [0.2, 0.25) is 0 Å². The van der Waals surface area contributed by atoms with Crippen molar-refractivity contribution in [1.82, 2.24) is 26.6 Å². The monoisotopic (exact) mass is 1930 g/mol. The zero-order valence-corrected chi connectivity index (χ0v) is 70.8. The zero-order valence-electron chi connectivity index (χ0n) is 70.8. The van der Waals surface area contributed by atoms with Crippen molar-refractivity contribution in [2.24, 2.45) is 0 Å². The van der Waals surface area contributed by atoms with E-state index in [4.69, 9.17) is 90.0 Å². The Balaban J connectivity index is 0.959. The van der Waals surface area contributed by atoms with E-state index in [0.717, 1.165) is 27.7 Å². The summed E-state index contributed by atoms with van der Waals surface area (Å²) < 4.78 is 113. The van der Waals surface area contributed by atoms with Crippen LogP contribution in [0.5, 0.6) is 0 Å². The molecule has 59 nitrogen and oxygen atoms in total. The molecule has 1 unspecified atom stereocenters. The van der Waals surface area contributed by atoms with Crippen molar-refractivity contribution in [3.63, 3.8) is 0 Å². The summed E-state index contributed by atoms with van der Waals surface area (Å²) in [5.41, 5.74) is 0. The molecule has 0 spiro atoms. The van der Waals surface area contributed by atoms with Crippen molar-refractivity contribution in [1.29, 1.82) is 0 Å². The van der Waals surface area contributed by atoms with Crippen LogP contribution >= 0.6 is 0 Å². The topological polar surface area (TPSA) is 925 Å². The molecule has 34 N–H and O–H groups in total. The van der Waals surface area contributed by atoms with Gasteiger partial charge >= 0.3 is 5.97 Å². The summed E-state index contributed by atoms with van der Waals surface area (Å²) >= 11 is 0. The third-order valence-electron chi connectivity index (χ3n) is 23.9. The lowest BCUT2D eigenvalue weighted by atomic mass is 9.88. The van der Waals surface area contributed by atoms with Crippen molar-refractivity contribution in [2.75, 3.05) is 66.1 Å². The van der Waals surface area contributed by atoms with Gasteiger partial charge in [0.15, 0.2) is 56.6 Å². The Labute approximate surface area is 746 Å². The van der Waals surface area contributed by atoms with Gasteiger partial charge in [0.1, 0.15) is 238 Å². The lowest BCUT2D eigenvalue weighted by molar-refractivity contribution is -0.399. The van der Waals surface area contributed by atoms with Crippen LogP contribution in [-0.2, 0) is 119 Å². The normalized spacial score (nSPS) is 47.2. The largest absolute Gasteiger partial charge is 0.477 e. The third-order valence-corrected chi connectivity index (χ3v) is 23.9. The fourth-order valence-electron chi connectivity index (χ4n) is 16.8. The molecule has 10 aliphatic heterocycles.